The Bertz CT molecular complexity index is 499. The fourth-order valence-electron chi connectivity index (χ4n) is 2.01. The first-order chi connectivity index (χ1) is 9.31. The third kappa shape index (κ3) is 4.00. The topological polar surface area (TPSA) is 41.5 Å². The van der Waals surface area contributed by atoms with Gasteiger partial charge in [0, 0.05) is 11.8 Å². The van der Waals surface area contributed by atoms with Gasteiger partial charge in [-0.2, -0.15) is 0 Å². The number of ether oxygens (including phenoxy) is 1. The first-order valence-electron chi connectivity index (χ1n) is 6.37. The monoisotopic (exact) mass is 257 g/mol. The Morgan fingerprint density at radius 2 is 1.89 bits per heavy atom. The lowest BCUT2D eigenvalue weighted by Crippen LogP contribution is -2.26. The van der Waals surface area contributed by atoms with Crippen molar-refractivity contribution in [3.05, 3.63) is 60.2 Å². The van der Waals surface area contributed by atoms with Gasteiger partial charge < -0.3 is 15.2 Å². The van der Waals surface area contributed by atoms with Gasteiger partial charge >= 0.3 is 0 Å². The van der Waals surface area contributed by atoms with E-state index in [1.54, 1.807) is 7.11 Å². The van der Waals surface area contributed by atoms with Crippen LogP contribution in [-0.2, 0) is 6.42 Å². The van der Waals surface area contributed by atoms with Crippen LogP contribution < -0.4 is 10.1 Å². The maximum Gasteiger partial charge on any atom is 0.120 e. The zero-order chi connectivity index (χ0) is 13.5. The van der Waals surface area contributed by atoms with Crippen molar-refractivity contribution in [1.82, 2.24) is 0 Å². The van der Waals surface area contributed by atoms with Gasteiger partial charge in [0.2, 0.25) is 0 Å². The summed E-state index contributed by atoms with van der Waals surface area (Å²) >= 11 is 0. The molecule has 19 heavy (non-hydrogen) atoms. The molecule has 1 unspecified atom stereocenters. The summed E-state index contributed by atoms with van der Waals surface area (Å²) < 4.78 is 5.19. The molecule has 0 amide bonds. The summed E-state index contributed by atoms with van der Waals surface area (Å²) in [6.07, 6.45) is 0.786. The molecule has 2 aromatic carbocycles. The van der Waals surface area contributed by atoms with E-state index in [0.29, 0.717) is 0 Å². The summed E-state index contributed by atoms with van der Waals surface area (Å²) in [6, 6.07) is 17.9. The zero-order valence-electron chi connectivity index (χ0n) is 11.0. The number of benzene rings is 2. The molecule has 0 aliphatic rings. The maximum absolute atomic E-state index is 9.48. The predicted octanol–water partition coefficient (Wildman–Crippen LogP) is 2.71. The number of hydrogen-bond donors (Lipinski definition) is 2. The molecule has 2 rings (SSSR count). The van der Waals surface area contributed by atoms with Crippen LogP contribution in [0.3, 0.4) is 0 Å². The number of aliphatic hydroxyl groups is 1. The summed E-state index contributed by atoms with van der Waals surface area (Å²) in [5.74, 6) is 0.807. The standard InChI is InChI=1S/C16H19NO2/c1-19-16-9-5-8-14(11-16)17-15(12-18)10-13-6-3-2-4-7-13/h2-9,11,15,17-18H,10,12H2,1H3. The highest BCUT2D eigenvalue weighted by Gasteiger charge is 2.08. The van der Waals surface area contributed by atoms with Gasteiger partial charge in [-0.25, -0.2) is 0 Å². The average molecular weight is 257 g/mol. The first-order valence-corrected chi connectivity index (χ1v) is 6.37. The van der Waals surface area contributed by atoms with E-state index >= 15 is 0 Å². The van der Waals surface area contributed by atoms with Crippen LogP contribution in [0.5, 0.6) is 5.75 Å². The van der Waals surface area contributed by atoms with Gasteiger partial charge in [-0.3, -0.25) is 0 Å². The Kier molecular flexibility index (Phi) is 4.81. The molecule has 0 saturated heterocycles. The van der Waals surface area contributed by atoms with Crippen LogP contribution in [-0.4, -0.2) is 24.9 Å². The van der Waals surface area contributed by atoms with Crippen molar-refractivity contribution in [2.75, 3.05) is 19.0 Å². The molecule has 2 N–H and O–H groups in total. The maximum atomic E-state index is 9.48. The lowest BCUT2D eigenvalue weighted by Gasteiger charge is -2.18. The van der Waals surface area contributed by atoms with Gasteiger partial charge in [0.1, 0.15) is 5.75 Å². The fourth-order valence-corrected chi connectivity index (χ4v) is 2.01. The van der Waals surface area contributed by atoms with E-state index in [9.17, 15) is 5.11 Å². The highest BCUT2D eigenvalue weighted by atomic mass is 16.5. The molecule has 0 spiro atoms. The average Bonchev–Trinajstić information content (AvgIpc) is 2.48. The van der Waals surface area contributed by atoms with Gasteiger partial charge in [-0.1, -0.05) is 36.4 Å². The second kappa shape index (κ2) is 6.81. The molecule has 3 nitrogen and oxygen atoms in total. The van der Waals surface area contributed by atoms with Gasteiger partial charge in [0.15, 0.2) is 0 Å². The Balaban J connectivity index is 2.02. The van der Waals surface area contributed by atoms with Crippen LogP contribution >= 0.6 is 0 Å². The van der Waals surface area contributed by atoms with E-state index in [0.717, 1.165) is 17.9 Å². The predicted molar refractivity (Wildman–Crippen MR) is 77.6 cm³/mol. The number of nitrogens with one attached hydrogen (secondary N) is 1. The number of methoxy groups -OCH3 is 1. The van der Waals surface area contributed by atoms with E-state index < -0.39 is 0 Å². The van der Waals surface area contributed by atoms with Crippen LogP contribution in [0.25, 0.3) is 0 Å². The van der Waals surface area contributed by atoms with Crippen molar-refractivity contribution in [2.45, 2.75) is 12.5 Å². The fraction of sp³-hybridized carbons (Fsp3) is 0.250. The molecule has 0 aromatic heterocycles. The van der Waals surface area contributed by atoms with E-state index in [4.69, 9.17) is 4.74 Å². The first kappa shape index (κ1) is 13.4. The van der Waals surface area contributed by atoms with E-state index in [-0.39, 0.29) is 12.6 Å². The Labute approximate surface area is 113 Å². The molecule has 0 aliphatic heterocycles. The van der Waals surface area contributed by atoms with Crippen LogP contribution in [0.2, 0.25) is 0 Å². The molecule has 0 aliphatic carbocycles. The van der Waals surface area contributed by atoms with E-state index in [2.05, 4.69) is 17.4 Å². The number of aliphatic hydroxyl groups excluding tert-OH is 1. The molecular formula is C16H19NO2. The van der Waals surface area contributed by atoms with Crippen molar-refractivity contribution in [2.24, 2.45) is 0 Å². The molecule has 0 bridgehead atoms. The van der Waals surface area contributed by atoms with E-state index in [1.807, 2.05) is 42.5 Å². The second-order valence-corrected chi connectivity index (χ2v) is 4.45. The highest BCUT2D eigenvalue weighted by molar-refractivity contribution is 5.49. The summed E-state index contributed by atoms with van der Waals surface area (Å²) in [4.78, 5) is 0. The smallest absolute Gasteiger partial charge is 0.120 e. The quantitative estimate of drug-likeness (QED) is 0.836. The Morgan fingerprint density at radius 3 is 2.58 bits per heavy atom. The normalized spacial score (nSPS) is 11.9. The van der Waals surface area contributed by atoms with Crippen molar-refractivity contribution >= 4 is 5.69 Å². The van der Waals surface area contributed by atoms with Crippen LogP contribution in [0.1, 0.15) is 5.56 Å². The molecule has 1 atom stereocenters. The summed E-state index contributed by atoms with van der Waals surface area (Å²) in [6.45, 7) is 0.0894. The summed E-state index contributed by atoms with van der Waals surface area (Å²) in [7, 11) is 1.65. The number of hydrogen-bond acceptors (Lipinski definition) is 3. The highest BCUT2D eigenvalue weighted by Crippen LogP contribution is 2.18. The third-order valence-corrected chi connectivity index (χ3v) is 2.99. The van der Waals surface area contributed by atoms with Crippen molar-refractivity contribution in [3.63, 3.8) is 0 Å². The minimum Gasteiger partial charge on any atom is -0.497 e. The molecular weight excluding hydrogens is 238 g/mol. The van der Waals surface area contributed by atoms with Crippen LogP contribution in [0.4, 0.5) is 5.69 Å². The molecule has 0 saturated carbocycles. The lowest BCUT2D eigenvalue weighted by atomic mass is 10.1. The second-order valence-electron chi connectivity index (χ2n) is 4.45. The van der Waals surface area contributed by atoms with Crippen molar-refractivity contribution in [3.8, 4) is 5.75 Å². The van der Waals surface area contributed by atoms with Crippen LogP contribution in [0.15, 0.2) is 54.6 Å². The molecule has 0 fully saturated rings. The Morgan fingerprint density at radius 1 is 1.11 bits per heavy atom. The molecule has 3 heteroatoms. The molecule has 2 aromatic rings. The molecule has 0 radical (unpaired) electrons. The van der Waals surface area contributed by atoms with E-state index in [1.165, 1.54) is 5.56 Å². The lowest BCUT2D eigenvalue weighted by molar-refractivity contribution is 0.273. The number of anilines is 1. The van der Waals surface area contributed by atoms with Gasteiger partial charge in [-0.15, -0.1) is 0 Å². The number of rotatable bonds is 6. The Hall–Kier alpha value is -2.00. The van der Waals surface area contributed by atoms with Gasteiger partial charge in [0.05, 0.1) is 19.8 Å². The van der Waals surface area contributed by atoms with Crippen molar-refractivity contribution in [1.29, 1.82) is 0 Å². The summed E-state index contributed by atoms with van der Waals surface area (Å²) in [5.41, 5.74) is 2.16. The summed E-state index contributed by atoms with van der Waals surface area (Å²) in [5, 5.41) is 12.8. The van der Waals surface area contributed by atoms with Crippen molar-refractivity contribution < 1.29 is 9.84 Å². The van der Waals surface area contributed by atoms with Crippen LogP contribution in [0, 0.1) is 0 Å². The zero-order valence-corrected chi connectivity index (χ0v) is 11.0. The van der Waals surface area contributed by atoms with Gasteiger partial charge in [0.25, 0.3) is 0 Å². The van der Waals surface area contributed by atoms with Gasteiger partial charge in [-0.05, 0) is 24.1 Å². The largest absolute Gasteiger partial charge is 0.497 e. The molecule has 0 heterocycles. The minimum atomic E-state index is -0.00509. The third-order valence-electron chi connectivity index (χ3n) is 2.99. The minimum absolute atomic E-state index is 0.00509. The SMILES string of the molecule is COc1cccc(NC(CO)Cc2ccccc2)c1. The molecule has 100 valence electrons.